The standard InChI is InChI=1S/C14H14ClN3O/c15-13-6-12(10-3-1-2-4-11(10)17-13)18-8-9(7-16)5-14(18)19/h1-4,6,9H,5,7-8,16H2. The molecular weight excluding hydrogens is 262 g/mol. The Hall–Kier alpha value is -1.65. The van der Waals surface area contributed by atoms with E-state index in [0.29, 0.717) is 24.7 Å². The predicted molar refractivity (Wildman–Crippen MR) is 76.3 cm³/mol. The van der Waals surface area contributed by atoms with Gasteiger partial charge in [0.25, 0.3) is 0 Å². The highest BCUT2D eigenvalue weighted by atomic mass is 35.5. The Morgan fingerprint density at radius 3 is 2.95 bits per heavy atom. The van der Waals surface area contributed by atoms with Gasteiger partial charge in [-0.1, -0.05) is 29.8 Å². The molecule has 0 aliphatic carbocycles. The lowest BCUT2D eigenvalue weighted by molar-refractivity contribution is -0.117. The van der Waals surface area contributed by atoms with Crippen LogP contribution >= 0.6 is 11.6 Å². The first-order valence-electron chi connectivity index (χ1n) is 6.25. The van der Waals surface area contributed by atoms with E-state index in [9.17, 15) is 4.79 Å². The van der Waals surface area contributed by atoms with Gasteiger partial charge < -0.3 is 10.6 Å². The summed E-state index contributed by atoms with van der Waals surface area (Å²) in [6.45, 7) is 1.18. The Kier molecular flexibility index (Phi) is 3.12. The van der Waals surface area contributed by atoms with Gasteiger partial charge in [0.1, 0.15) is 5.15 Å². The van der Waals surface area contributed by atoms with E-state index in [4.69, 9.17) is 17.3 Å². The lowest BCUT2D eigenvalue weighted by Gasteiger charge is -2.19. The van der Waals surface area contributed by atoms with Gasteiger partial charge in [0.05, 0.1) is 11.2 Å². The third-order valence-electron chi connectivity index (χ3n) is 3.49. The average molecular weight is 276 g/mol. The van der Waals surface area contributed by atoms with Gasteiger partial charge in [-0.15, -0.1) is 0 Å². The number of hydrogen-bond donors (Lipinski definition) is 1. The molecule has 1 aliphatic rings. The Morgan fingerprint density at radius 2 is 2.21 bits per heavy atom. The fourth-order valence-electron chi connectivity index (χ4n) is 2.52. The summed E-state index contributed by atoms with van der Waals surface area (Å²) >= 11 is 6.05. The molecule has 19 heavy (non-hydrogen) atoms. The van der Waals surface area contributed by atoms with E-state index in [0.717, 1.165) is 16.6 Å². The maximum atomic E-state index is 12.1. The molecule has 1 fully saturated rings. The van der Waals surface area contributed by atoms with Crippen LogP contribution in [0.3, 0.4) is 0 Å². The largest absolute Gasteiger partial charge is 0.330 e. The fraction of sp³-hybridized carbons (Fsp3) is 0.286. The third kappa shape index (κ3) is 2.17. The van der Waals surface area contributed by atoms with Gasteiger partial charge in [-0.2, -0.15) is 0 Å². The molecule has 1 amide bonds. The molecule has 1 atom stereocenters. The number of nitrogens with two attached hydrogens (primary N) is 1. The summed E-state index contributed by atoms with van der Waals surface area (Å²) in [6.07, 6.45) is 0.505. The second-order valence-corrected chi connectivity index (χ2v) is 5.18. The highest BCUT2D eigenvalue weighted by Gasteiger charge is 2.30. The number of pyridine rings is 1. The Balaban J connectivity index is 2.12. The monoisotopic (exact) mass is 275 g/mol. The Morgan fingerprint density at radius 1 is 1.42 bits per heavy atom. The summed E-state index contributed by atoms with van der Waals surface area (Å²) in [7, 11) is 0. The smallest absolute Gasteiger partial charge is 0.227 e. The van der Waals surface area contributed by atoms with Crippen molar-refractivity contribution in [3.8, 4) is 0 Å². The van der Waals surface area contributed by atoms with Crippen LogP contribution in [0.15, 0.2) is 30.3 Å². The normalized spacial score (nSPS) is 19.4. The minimum atomic E-state index is 0.0999. The molecule has 0 spiro atoms. The van der Waals surface area contributed by atoms with Crippen LogP contribution in [-0.2, 0) is 4.79 Å². The minimum Gasteiger partial charge on any atom is -0.330 e. The number of para-hydroxylation sites is 1. The van der Waals surface area contributed by atoms with Crippen LogP contribution in [0.5, 0.6) is 0 Å². The first kappa shape index (κ1) is 12.4. The van der Waals surface area contributed by atoms with Gasteiger partial charge in [0.2, 0.25) is 5.91 Å². The first-order valence-corrected chi connectivity index (χ1v) is 6.62. The average Bonchev–Trinajstić information content (AvgIpc) is 2.79. The van der Waals surface area contributed by atoms with Gasteiger partial charge in [-0.25, -0.2) is 4.98 Å². The van der Waals surface area contributed by atoms with Crippen molar-refractivity contribution in [3.05, 3.63) is 35.5 Å². The molecule has 1 saturated heterocycles. The zero-order valence-corrected chi connectivity index (χ0v) is 11.1. The molecular formula is C14H14ClN3O. The van der Waals surface area contributed by atoms with Gasteiger partial charge in [0, 0.05) is 18.4 Å². The van der Waals surface area contributed by atoms with Crippen molar-refractivity contribution in [2.24, 2.45) is 11.7 Å². The van der Waals surface area contributed by atoms with Gasteiger partial charge in [-0.3, -0.25) is 4.79 Å². The van der Waals surface area contributed by atoms with Gasteiger partial charge in [0.15, 0.2) is 0 Å². The number of nitrogens with zero attached hydrogens (tertiary/aromatic N) is 2. The number of hydrogen-bond acceptors (Lipinski definition) is 3. The SMILES string of the molecule is NCC1CC(=O)N(c2cc(Cl)nc3ccccc23)C1. The zero-order valence-electron chi connectivity index (χ0n) is 10.3. The van der Waals surface area contributed by atoms with Gasteiger partial charge in [-0.05, 0) is 24.6 Å². The second kappa shape index (κ2) is 4.79. The summed E-state index contributed by atoms with van der Waals surface area (Å²) in [5, 5.41) is 1.34. The number of aromatic nitrogens is 1. The predicted octanol–water partition coefficient (Wildman–Crippen LogP) is 2.20. The van der Waals surface area contributed by atoms with Crippen molar-refractivity contribution in [3.63, 3.8) is 0 Å². The molecule has 1 aromatic heterocycles. The van der Waals surface area contributed by atoms with Crippen molar-refractivity contribution < 1.29 is 4.79 Å². The Labute approximate surface area is 116 Å². The van der Waals surface area contributed by atoms with Crippen LogP contribution < -0.4 is 10.6 Å². The molecule has 2 N–H and O–H groups in total. The van der Waals surface area contributed by atoms with Crippen LogP contribution in [-0.4, -0.2) is 24.0 Å². The van der Waals surface area contributed by atoms with E-state index in [1.54, 1.807) is 11.0 Å². The molecule has 3 rings (SSSR count). The molecule has 1 aromatic carbocycles. The highest BCUT2D eigenvalue weighted by Crippen LogP contribution is 2.32. The van der Waals surface area contributed by atoms with Crippen molar-refractivity contribution in [1.29, 1.82) is 0 Å². The van der Waals surface area contributed by atoms with Crippen LogP contribution in [0.1, 0.15) is 6.42 Å². The minimum absolute atomic E-state index is 0.0999. The number of amides is 1. The van der Waals surface area contributed by atoms with Crippen molar-refractivity contribution >= 4 is 34.1 Å². The molecule has 2 heterocycles. The summed E-state index contributed by atoms with van der Waals surface area (Å²) in [5.74, 6) is 0.320. The molecule has 5 heteroatoms. The molecule has 98 valence electrons. The summed E-state index contributed by atoms with van der Waals surface area (Å²) in [5.41, 5.74) is 7.29. The zero-order chi connectivity index (χ0) is 13.4. The van der Waals surface area contributed by atoms with E-state index in [-0.39, 0.29) is 11.8 Å². The molecule has 1 aliphatic heterocycles. The summed E-state index contributed by atoms with van der Waals surface area (Å²) in [6, 6.07) is 9.44. The molecule has 2 aromatic rings. The molecule has 0 radical (unpaired) electrons. The lowest BCUT2D eigenvalue weighted by Crippen LogP contribution is -2.26. The number of carbonyl (C=O) groups excluding carboxylic acids is 1. The van der Waals surface area contributed by atoms with Crippen molar-refractivity contribution in [2.75, 3.05) is 18.0 Å². The number of rotatable bonds is 2. The molecule has 0 bridgehead atoms. The van der Waals surface area contributed by atoms with Crippen LogP contribution in [0.2, 0.25) is 5.15 Å². The van der Waals surface area contributed by atoms with Gasteiger partial charge >= 0.3 is 0 Å². The maximum Gasteiger partial charge on any atom is 0.227 e. The maximum absolute atomic E-state index is 12.1. The molecule has 4 nitrogen and oxygen atoms in total. The van der Waals surface area contributed by atoms with E-state index in [2.05, 4.69) is 4.98 Å². The first-order chi connectivity index (χ1) is 9.19. The van der Waals surface area contributed by atoms with Crippen molar-refractivity contribution in [1.82, 2.24) is 4.98 Å². The third-order valence-corrected chi connectivity index (χ3v) is 3.69. The summed E-state index contributed by atoms with van der Waals surface area (Å²) in [4.78, 5) is 18.2. The number of carbonyl (C=O) groups is 1. The van der Waals surface area contributed by atoms with Crippen molar-refractivity contribution in [2.45, 2.75) is 6.42 Å². The van der Waals surface area contributed by atoms with E-state index in [1.807, 2.05) is 24.3 Å². The fourth-order valence-corrected chi connectivity index (χ4v) is 2.72. The highest BCUT2D eigenvalue weighted by molar-refractivity contribution is 6.30. The Bertz CT molecular complexity index is 644. The molecule has 0 saturated carbocycles. The van der Waals surface area contributed by atoms with Crippen LogP contribution in [0.25, 0.3) is 10.9 Å². The van der Waals surface area contributed by atoms with E-state index in [1.165, 1.54) is 0 Å². The molecule has 1 unspecified atom stereocenters. The van der Waals surface area contributed by atoms with Crippen LogP contribution in [0, 0.1) is 5.92 Å². The number of fused-ring (bicyclic) bond motifs is 1. The lowest BCUT2D eigenvalue weighted by atomic mass is 10.1. The number of benzene rings is 1. The number of halogens is 1. The quantitative estimate of drug-likeness (QED) is 0.855. The summed E-state index contributed by atoms with van der Waals surface area (Å²) < 4.78 is 0. The van der Waals surface area contributed by atoms with E-state index >= 15 is 0 Å². The van der Waals surface area contributed by atoms with E-state index < -0.39 is 0 Å². The number of anilines is 1. The van der Waals surface area contributed by atoms with Crippen LogP contribution in [0.4, 0.5) is 5.69 Å². The second-order valence-electron chi connectivity index (χ2n) is 4.79. The topological polar surface area (TPSA) is 59.2 Å².